The maximum atomic E-state index is 5.32. The standard InChI is InChI=1S/C15H25N3O2.HI/c1-5-16-15(17-8-9-19-3)18-11-13-7-6-12(2)14(10-13)20-4;/h6-7,10H,5,8-9,11H2,1-4H3,(H2,16,17,18);1H. The minimum absolute atomic E-state index is 0. The molecule has 5 nitrogen and oxygen atoms in total. The number of methoxy groups -OCH3 is 2. The van der Waals surface area contributed by atoms with Gasteiger partial charge in [-0.05, 0) is 31.0 Å². The number of aryl methyl sites for hydroxylation is 1. The predicted octanol–water partition coefficient (Wildman–Crippen LogP) is 2.32. The first-order valence-electron chi connectivity index (χ1n) is 6.85. The third-order valence-electron chi connectivity index (χ3n) is 2.84. The number of benzene rings is 1. The maximum Gasteiger partial charge on any atom is 0.191 e. The van der Waals surface area contributed by atoms with Crippen LogP contribution in [-0.4, -0.2) is 39.9 Å². The first kappa shape index (κ1) is 20.0. The van der Waals surface area contributed by atoms with Crippen molar-refractivity contribution in [1.29, 1.82) is 0 Å². The van der Waals surface area contributed by atoms with Gasteiger partial charge < -0.3 is 20.1 Å². The molecule has 0 radical (unpaired) electrons. The van der Waals surface area contributed by atoms with Gasteiger partial charge in [0.25, 0.3) is 0 Å². The second-order valence-corrected chi connectivity index (χ2v) is 4.42. The summed E-state index contributed by atoms with van der Waals surface area (Å²) in [6, 6.07) is 6.15. The molecule has 0 atom stereocenters. The minimum atomic E-state index is 0. The number of hydrogen-bond donors (Lipinski definition) is 2. The molecule has 2 N–H and O–H groups in total. The zero-order valence-corrected chi connectivity index (χ0v) is 15.6. The summed E-state index contributed by atoms with van der Waals surface area (Å²) < 4.78 is 10.3. The van der Waals surface area contributed by atoms with Crippen molar-refractivity contribution in [3.05, 3.63) is 29.3 Å². The van der Waals surface area contributed by atoms with Gasteiger partial charge in [-0.15, -0.1) is 24.0 Å². The van der Waals surface area contributed by atoms with E-state index in [2.05, 4.69) is 27.8 Å². The molecular formula is C15H26IN3O2. The molecule has 0 heterocycles. The van der Waals surface area contributed by atoms with Crippen LogP contribution >= 0.6 is 24.0 Å². The molecule has 0 unspecified atom stereocenters. The van der Waals surface area contributed by atoms with E-state index >= 15 is 0 Å². The summed E-state index contributed by atoms with van der Waals surface area (Å²) in [7, 11) is 3.37. The molecule has 1 rings (SSSR count). The molecule has 6 heteroatoms. The highest BCUT2D eigenvalue weighted by atomic mass is 127. The zero-order valence-electron chi connectivity index (χ0n) is 13.2. The van der Waals surface area contributed by atoms with E-state index in [9.17, 15) is 0 Å². The normalized spacial score (nSPS) is 10.8. The molecule has 0 amide bonds. The van der Waals surface area contributed by atoms with Crippen LogP contribution in [0.25, 0.3) is 0 Å². The van der Waals surface area contributed by atoms with E-state index in [1.807, 2.05) is 19.9 Å². The van der Waals surface area contributed by atoms with Crippen LogP contribution in [0.4, 0.5) is 0 Å². The smallest absolute Gasteiger partial charge is 0.191 e. The van der Waals surface area contributed by atoms with Crippen molar-refractivity contribution in [2.75, 3.05) is 33.9 Å². The van der Waals surface area contributed by atoms with Crippen LogP contribution in [0, 0.1) is 6.92 Å². The molecule has 21 heavy (non-hydrogen) atoms. The van der Waals surface area contributed by atoms with Crippen LogP contribution in [0.1, 0.15) is 18.1 Å². The molecule has 0 saturated carbocycles. The Kier molecular flexibility index (Phi) is 11.1. The van der Waals surface area contributed by atoms with Gasteiger partial charge in [-0.3, -0.25) is 0 Å². The van der Waals surface area contributed by atoms with Crippen LogP contribution in [-0.2, 0) is 11.3 Å². The Hall–Kier alpha value is -1.02. The van der Waals surface area contributed by atoms with Gasteiger partial charge >= 0.3 is 0 Å². The number of ether oxygens (including phenoxy) is 2. The summed E-state index contributed by atoms with van der Waals surface area (Å²) in [5, 5.41) is 6.42. The predicted molar refractivity (Wildman–Crippen MR) is 97.8 cm³/mol. The second-order valence-electron chi connectivity index (χ2n) is 4.42. The van der Waals surface area contributed by atoms with E-state index in [4.69, 9.17) is 9.47 Å². The Morgan fingerprint density at radius 2 is 2.00 bits per heavy atom. The lowest BCUT2D eigenvalue weighted by Crippen LogP contribution is -2.38. The third-order valence-corrected chi connectivity index (χ3v) is 2.84. The van der Waals surface area contributed by atoms with Crippen molar-refractivity contribution in [2.45, 2.75) is 20.4 Å². The molecule has 0 aliphatic heterocycles. The fourth-order valence-electron chi connectivity index (χ4n) is 1.75. The van der Waals surface area contributed by atoms with Crippen molar-refractivity contribution >= 4 is 29.9 Å². The molecule has 1 aromatic rings. The lowest BCUT2D eigenvalue weighted by Gasteiger charge is -2.11. The highest BCUT2D eigenvalue weighted by molar-refractivity contribution is 14.0. The van der Waals surface area contributed by atoms with Gasteiger partial charge in [0.15, 0.2) is 5.96 Å². The van der Waals surface area contributed by atoms with Gasteiger partial charge in [0, 0.05) is 20.2 Å². The lowest BCUT2D eigenvalue weighted by atomic mass is 10.1. The SMILES string of the molecule is CCNC(=NCc1ccc(C)c(OC)c1)NCCOC.I. The molecule has 0 fully saturated rings. The Morgan fingerprint density at radius 3 is 2.62 bits per heavy atom. The summed E-state index contributed by atoms with van der Waals surface area (Å²) in [4.78, 5) is 4.54. The van der Waals surface area contributed by atoms with Crippen molar-refractivity contribution < 1.29 is 9.47 Å². The molecule has 0 bridgehead atoms. The number of hydrogen-bond acceptors (Lipinski definition) is 3. The van der Waals surface area contributed by atoms with Gasteiger partial charge in [0.1, 0.15) is 5.75 Å². The van der Waals surface area contributed by atoms with Crippen molar-refractivity contribution in [3.8, 4) is 5.75 Å². The largest absolute Gasteiger partial charge is 0.496 e. The Morgan fingerprint density at radius 1 is 1.24 bits per heavy atom. The number of rotatable bonds is 7. The molecule has 1 aromatic carbocycles. The molecule has 0 spiro atoms. The fourth-order valence-corrected chi connectivity index (χ4v) is 1.75. The maximum absolute atomic E-state index is 5.32. The van der Waals surface area contributed by atoms with E-state index in [0.29, 0.717) is 13.2 Å². The Labute approximate surface area is 144 Å². The van der Waals surface area contributed by atoms with Crippen LogP contribution in [0.2, 0.25) is 0 Å². The van der Waals surface area contributed by atoms with E-state index in [1.54, 1.807) is 14.2 Å². The summed E-state index contributed by atoms with van der Waals surface area (Å²) in [6.07, 6.45) is 0. The van der Waals surface area contributed by atoms with Crippen LogP contribution in [0.3, 0.4) is 0 Å². The average molecular weight is 407 g/mol. The molecule has 0 aromatic heterocycles. The summed E-state index contributed by atoms with van der Waals surface area (Å²) >= 11 is 0. The first-order valence-corrected chi connectivity index (χ1v) is 6.85. The number of nitrogens with zero attached hydrogens (tertiary/aromatic N) is 1. The molecular weight excluding hydrogens is 381 g/mol. The molecule has 120 valence electrons. The number of guanidine groups is 1. The Balaban J connectivity index is 0.00000400. The van der Waals surface area contributed by atoms with Gasteiger partial charge in [-0.25, -0.2) is 4.99 Å². The van der Waals surface area contributed by atoms with Crippen LogP contribution in [0.15, 0.2) is 23.2 Å². The van der Waals surface area contributed by atoms with Gasteiger partial charge in [-0.2, -0.15) is 0 Å². The van der Waals surface area contributed by atoms with E-state index in [0.717, 1.165) is 35.9 Å². The average Bonchev–Trinajstić information content (AvgIpc) is 2.46. The lowest BCUT2D eigenvalue weighted by molar-refractivity contribution is 0.203. The summed E-state index contributed by atoms with van der Waals surface area (Å²) in [5.41, 5.74) is 2.25. The quantitative estimate of drug-likeness (QED) is 0.315. The van der Waals surface area contributed by atoms with Gasteiger partial charge in [0.2, 0.25) is 0 Å². The zero-order chi connectivity index (χ0) is 14.8. The monoisotopic (exact) mass is 407 g/mol. The van der Waals surface area contributed by atoms with Gasteiger partial charge in [-0.1, -0.05) is 12.1 Å². The van der Waals surface area contributed by atoms with E-state index in [-0.39, 0.29) is 24.0 Å². The van der Waals surface area contributed by atoms with Crippen LogP contribution in [0.5, 0.6) is 5.75 Å². The third kappa shape index (κ3) is 7.52. The molecule has 0 saturated heterocycles. The van der Waals surface area contributed by atoms with Crippen molar-refractivity contribution in [2.24, 2.45) is 4.99 Å². The van der Waals surface area contributed by atoms with Gasteiger partial charge in [0.05, 0.1) is 20.3 Å². The minimum Gasteiger partial charge on any atom is -0.496 e. The molecule has 0 aliphatic carbocycles. The first-order chi connectivity index (χ1) is 9.71. The highest BCUT2D eigenvalue weighted by Gasteiger charge is 2.01. The number of nitrogens with one attached hydrogen (secondary N) is 2. The topological polar surface area (TPSA) is 54.9 Å². The Bertz CT molecular complexity index is 439. The number of halogens is 1. The van der Waals surface area contributed by atoms with Crippen molar-refractivity contribution in [1.82, 2.24) is 10.6 Å². The number of aliphatic imine (C=N–C) groups is 1. The van der Waals surface area contributed by atoms with E-state index < -0.39 is 0 Å². The summed E-state index contributed by atoms with van der Waals surface area (Å²) in [6.45, 7) is 6.90. The van der Waals surface area contributed by atoms with Crippen molar-refractivity contribution in [3.63, 3.8) is 0 Å². The van der Waals surface area contributed by atoms with E-state index in [1.165, 1.54) is 0 Å². The summed E-state index contributed by atoms with van der Waals surface area (Å²) in [5.74, 6) is 1.69. The second kappa shape index (κ2) is 11.6. The fraction of sp³-hybridized carbons (Fsp3) is 0.533. The van der Waals surface area contributed by atoms with Crippen LogP contribution < -0.4 is 15.4 Å². The highest BCUT2D eigenvalue weighted by Crippen LogP contribution is 2.19. The molecule has 0 aliphatic rings.